The maximum Gasteiger partial charge on any atom is 0.306 e. The Labute approximate surface area is 400 Å². The number of hydrogen-bond donors (Lipinski definition) is 0. The summed E-state index contributed by atoms with van der Waals surface area (Å²) in [6.07, 6.45) is 69.5. The molecule has 65 heavy (non-hydrogen) atoms. The third kappa shape index (κ3) is 51.2. The van der Waals surface area contributed by atoms with Gasteiger partial charge in [0.2, 0.25) is 0 Å². The van der Waals surface area contributed by atoms with Gasteiger partial charge in [0.25, 0.3) is 0 Å². The van der Waals surface area contributed by atoms with E-state index in [4.69, 9.17) is 14.2 Å². The van der Waals surface area contributed by atoms with Gasteiger partial charge in [-0.1, -0.05) is 253 Å². The maximum absolute atomic E-state index is 12.8. The first-order valence-corrected chi connectivity index (χ1v) is 26.8. The SMILES string of the molecule is CCC\C=C/C=C\C=C/C=C\C=C/CCCCCCCC(=O)OCC(COC(=O)CCCCCCCCCCCCC)OC(=O)CCCCCCC\C=C/C=C\C=C/CCCCCCC. The van der Waals surface area contributed by atoms with Crippen LogP contribution in [0.5, 0.6) is 0 Å². The van der Waals surface area contributed by atoms with E-state index in [0.29, 0.717) is 19.3 Å². The van der Waals surface area contributed by atoms with Gasteiger partial charge in [-0.05, 0) is 64.2 Å². The van der Waals surface area contributed by atoms with Crippen molar-refractivity contribution in [3.63, 3.8) is 0 Å². The number of esters is 3. The molecule has 370 valence electrons. The first-order valence-electron chi connectivity index (χ1n) is 26.8. The van der Waals surface area contributed by atoms with Crippen LogP contribution in [-0.2, 0) is 28.6 Å². The van der Waals surface area contributed by atoms with Crippen molar-refractivity contribution in [1.82, 2.24) is 0 Å². The minimum atomic E-state index is -0.798. The van der Waals surface area contributed by atoms with Gasteiger partial charge in [0.1, 0.15) is 13.2 Å². The van der Waals surface area contributed by atoms with Crippen LogP contribution in [0.15, 0.2) is 97.2 Å². The van der Waals surface area contributed by atoms with Crippen LogP contribution >= 0.6 is 0 Å². The first kappa shape index (κ1) is 61.3. The van der Waals surface area contributed by atoms with E-state index in [-0.39, 0.29) is 31.1 Å². The van der Waals surface area contributed by atoms with Gasteiger partial charge < -0.3 is 14.2 Å². The Morgan fingerprint density at radius 3 is 0.923 bits per heavy atom. The van der Waals surface area contributed by atoms with E-state index in [0.717, 1.165) is 109 Å². The van der Waals surface area contributed by atoms with Gasteiger partial charge in [0.05, 0.1) is 0 Å². The Hall–Kier alpha value is -3.67. The molecule has 0 saturated carbocycles. The van der Waals surface area contributed by atoms with Crippen LogP contribution in [0.2, 0.25) is 0 Å². The summed E-state index contributed by atoms with van der Waals surface area (Å²) in [7, 11) is 0. The van der Waals surface area contributed by atoms with E-state index < -0.39 is 6.10 Å². The van der Waals surface area contributed by atoms with E-state index in [1.807, 2.05) is 24.3 Å². The molecule has 0 bridgehead atoms. The van der Waals surface area contributed by atoms with Crippen molar-refractivity contribution < 1.29 is 28.6 Å². The molecular weight excluding hydrogens is 805 g/mol. The van der Waals surface area contributed by atoms with Crippen molar-refractivity contribution in [2.24, 2.45) is 0 Å². The van der Waals surface area contributed by atoms with Crippen molar-refractivity contribution in [2.75, 3.05) is 13.2 Å². The summed E-state index contributed by atoms with van der Waals surface area (Å²) in [6.45, 7) is 6.49. The zero-order chi connectivity index (χ0) is 47.2. The van der Waals surface area contributed by atoms with Crippen molar-refractivity contribution in [3.05, 3.63) is 97.2 Å². The van der Waals surface area contributed by atoms with Gasteiger partial charge in [-0.2, -0.15) is 0 Å². The molecular formula is C59H98O6. The molecule has 1 atom stereocenters. The Kier molecular flexibility index (Phi) is 50.0. The molecule has 0 heterocycles. The second-order valence-corrected chi connectivity index (χ2v) is 17.6. The monoisotopic (exact) mass is 903 g/mol. The predicted octanol–water partition coefficient (Wildman–Crippen LogP) is 17.8. The molecule has 0 radical (unpaired) electrons. The van der Waals surface area contributed by atoms with Gasteiger partial charge in [-0.15, -0.1) is 0 Å². The van der Waals surface area contributed by atoms with Crippen LogP contribution in [0, 0.1) is 0 Å². The molecule has 0 aliphatic heterocycles. The van der Waals surface area contributed by atoms with Crippen molar-refractivity contribution in [1.29, 1.82) is 0 Å². The molecule has 0 aliphatic carbocycles. The lowest BCUT2D eigenvalue weighted by molar-refractivity contribution is -0.167. The fourth-order valence-electron chi connectivity index (χ4n) is 7.18. The van der Waals surface area contributed by atoms with Gasteiger partial charge in [0, 0.05) is 19.3 Å². The normalized spacial score (nSPS) is 12.8. The molecule has 0 aromatic rings. The molecule has 6 heteroatoms. The predicted molar refractivity (Wildman–Crippen MR) is 279 cm³/mol. The molecule has 0 rings (SSSR count). The molecule has 1 unspecified atom stereocenters. The highest BCUT2D eigenvalue weighted by Crippen LogP contribution is 2.14. The molecule has 0 aromatic carbocycles. The number of carbonyl (C=O) groups excluding carboxylic acids is 3. The fourth-order valence-corrected chi connectivity index (χ4v) is 7.18. The maximum atomic E-state index is 12.8. The fraction of sp³-hybridized carbons (Fsp3) is 0.678. The summed E-state index contributed by atoms with van der Waals surface area (Å²) >= 11 is 0. The molecule has 0 fully saturated rings. The van der Waals surface area contributed by atoms with E-state index in [9.17, 15) is 14.4 Å². The van der Waals surface area contributed by atoms with Crippen molar-refractivity contribution >= 4 is 17.9 Å². The molecule has 0 aliphatic rings. The first-order chi connectivity index (χ1) is 32.0. The Bertz CT molecular complexity index is 1310. The van der Waals surface area contributed by atoms with Crippen LogP contribution in [0.1, 0.15) is 239 Å². The topological polar surface area (TPSA) is 78.9 Å². The van der Waals surface area contributed by atoms with Gasteiger partial charge in [-0.3, -0.25) is 14.4 Å². The summed E-state index contributed by atoms with van der Waals surface area (Å²) in [5.74, 6) is -0.941. The van der Waals surface area contributed by atoms with E-state index in [1.54, 1.807) is 0 Å². The minimum absolute atomic E-state index is 0.0940. The van der Waals surface area contributed by atoms with Gasteiger partial charge in [-0.25, -0.2) is 0 Å². The third-order valence-corrected chi connectivity index (χ3v) is 11.2. The Morgan fingerprint density at radius 1 is 0.308 bits per heavy atom. The largest absolute Gasteiger partial charge is 0.462 e. The number of carbonyl (C=O) groups is 3. The van der Waals surface area contributed by atoms with Crippen LogP contribution in [0.25, 0.3) is 0 Å². The second kappa shape index (κ2) is 52.9. The summed E-state index contributed by atoms with van der Waals surface area (Å²) in [4.78, 5) is 38.0. The Balaban J connectivity index is 4.47. The Morgan fingerprint density at radius 2 is 0.585 bits per heavy atom. The number of hydrogen-bond acceptors (Lipinski definition) is 6. The smallest absolute Gasteiger partial charge is 0.306 e. The number of unbranched alkanes of at least 4 members (excludes halogenated alkanes) is 26. The van der Waals surface area contributed by atoms with Gasteiger partial charge in [0.15, 0.2) is 6.10 Å². The van der Waals surface area contributed by atoms with Crippen molar-refractivity contribution in [2.45, 2.75) is 245 Å². The molecule has 0 N–H and O–H groups in total. The number of ether oxygens (including phenoxy) is 3. The molecule has 0 spiro atoms. The second-order valence-electron chi connectivity index (χ2n) is 17.6. The molecule has 0 saturated heterocycles. The molecule has 0 amide bonds. The van der Waals surface area contributed by atoms with E-state index in [2.05, 4.69) is 93.7 Å². The zero-order valence-electron chi connectivity index (χ0n) is 42.2. The number of allylic oxidation sites excluding steroid dienone is 16. The average molecular weight is 903 g/mol. The van der Waals surface area contributed by atoms with Gasteiger partial charge >= 0.3 is 17.9 Å². The highest BCUT2D eigenvalue weighted by Gasteiger charge is 2.19. The van der Waals surface area contributed by atoms with E-state index in [1.165, 1.54) is 89.9 Å². The van der Waals surface area contributed by atoms with Crippen LogP contribution < -0.4 is 0 Å². The van der Waals surface area contributed by atoms with Crippen molar-refractivity contribution in [3.8, 4) is 0 Å². The summed E-state index contributed by atoms with van der Waals surface area (Å²) in [6, 6.07) is 0. The molecule has 0 aromatic heterocycles. The summed E-state index contributed by atoms with van der Waals surface area (Å²) in [5, 5.41) is 0. The minimum Gasteiger partial charge on any atom is -0.462 e. The highest BCUT2D eigenvalue weighted by molar-refractivity contribution is 5.71. The third-order valence-electron chi connectivity index (χ3n) is 11.2. The lowest BCUT2D eigenvalue weighted by atomic mass is 10.1. The quantitative estimate of drug-likeness (QED) is 0.0262. The number of rotatable bonds is 47. The summed E-state index contributed by atoms with van der Waals surface area (Å²) in [5.41, 5.74) is 0. The zero-order valence-corrected chi connectivity index (χ0v) is 42.2. The average Bonchev–Trinajstić information content (AvgIpc) is 3.30. The van der Waals surface area contributed by atoms with Crippen LogP contribution in [-0.4, -0.2) is 37.2 Å². The summed E-state index contributed by atoms with van der Waals surface area (Å²) < 4.78 is 16.8. The van der Waals surface area contributed by atoms with Crippen LogP contribution in [0.4, 0.5) is 0 Å². The van der Waals surface area contributed by atoms with Crippen LogP contribution in [0.3, 0.4) is 0 Å². The lowest BCUT2D eigenvalue weighted by Crippen LogP contribution is -2.30. The standard InChI is InChI=1S/C59H98O6/c1-4-7-10-13-16-19-22-24-26-28-30-32-34-37-40-43-46-49-52-58(61)64-55-56(54-63-57(60)51-48-45-42-39-36-21-18-15-12-9-6-3)65-59(62)53-50-47-44-41-38-35-33-31-29-27-25-23-20-17-14-11-8-5-2/h10,13,16,19,22-33,56H,4-9,11-12,14-15,17-18,20-21,34-55H2,1-3H3/b13-10-,19-16-,24-22-,25-23-,28-26-,29-27-,32-30-,33-31-. The molecule has 6 nitrogen and oxygen atoms in total. The lowest BCUT2D eigenvalue weighted by Gasteiger charge is -2.18. The highest BCUT2D eigenvalue weighted by atomic mass is 16.6. The van der Waals surface area contributed by atoms with E-state index >= 15 is 0 Å².